The van der Waals surface area contributed by atoms with Crippen LogP contribution in [-0.2, 0) is 9.53 Å². The van der Waals surface area contributed by atoms with Gasteiger partial charge >= 0.3 is 5.97 Å². The largest absolute Gasteiger partial charge is 0.462 e. The molecule has 1 amide bonds. The fraction of sp³-hybridized carbons (Fsp3) is 0.429. The number of hydrogen-bond acceptors (Lipinski definition) is 4. The second kappa shape index (κ2) is 8.26. The Morgan fingerprint density at radius 3 is 2.79 bits per heavy atom. The van der Waals surface area contributed by atoms with Crippen LogP contribution in [0.3, 0.4) is 0 Å². The van der Waals surface area contributed by atoms with Gasteiger partial charge < -0.3 is 15.4 Å². The summed E-state index contributed by atoms with van der Waals surface area (Å²) in [5, 5.41) is 5.75. The molecule has 0 aliphatic heterocycles. The highest BCUT2D eigenvalue weighted by Gasteiger charge is 2.08. The third kappa shape index (κ3) is 5.52. The summed E-state index contributed by atoms with van der Waals surface area (Å²) < 4.78 is 4.91. The van der Waals surface area contributed by atoms with Crippen molar-refractivity contribution in [2.24, 2.45) is 0 Å². The molecule has 0 spiro atoms. The summed E-state index contributed by atoms with van der Waals surface area (Å²) in [6.45, 7) is 2.89. The Morgan fingerprint density at radius 2 is 2.11 bits per heavy atom. The van der Waals surface area contributed by atoms with Gasteiger partial charge in [0.05, 0.1) is 12.2 Å². The van der Waals surface area contributed by atoms with Crippen LogP contribution in [0.25, 0.3) is 0 Å². The predicted molar refractivity (Wildman–Crippen MR) is 74.2 cm³/mol. The van der Waals surface area contributed by atoms with Crippen LogP contribution in [0.2, 0.25) is 0 Å². The highest BCUT2D eigenvalue weighted by molar-refractivity contribution is 5.94. The van der Waals surface area contributed by atoms with Crippen molar-refractivity contribution in [3.8, 4) is 0 Å². The van der Waals surface area contributed by atoms with Crippen molar-refractivity contribution in [2.45, 2.75) is 19.8 Å². The monoisotopic (exact) mass is 264 g/mol. The van der Waals surface area contributed by atoms with E-state index in [9.17, 15) is 9.59 Å². The van der Waals surface area contributed by atoms with Crippen LogP contribution in [0.1, 0.15) is 30.1 Å². The fourth-order valence-corrected chi connectivity index (χ4v) is 1.59. The van der Waals surface area contributed by atoms with Crippen molar-refractivity contribution in [1.82, 2.24) is 5.32 Å². The zero-order valence-corrected chi connectivity index (χ0v) is 11.4. The van der Waals surface area contributed by atoms with E-state index in [1.807, 2.05) is 7.05 Å². The molecule has 0 saturated carbocycles. The normalized spacial score (nSPS) is 10.0. The molecule has 0 atom stereocenters. The van der Waals surface area contributed by atoms with E-state index in [0.717, 1.165) is 13.0 Å². The molecule has 0 aromatic heterocycles. The van der Waals surface area contributed by atoms with Crippen molar-refractivity contribution < 1.29 is 14.3 Å². The van der Waals surface area contributed by atoms with Crippen molar-refractivity contribution in [3.63, 3.8) is 0 Å². The number of carbonyl (C=O) groups is 2. The predicted octanol–water partition coefficient (Wildman–Crippen LogP) is 1.80. The number of esters is 1. The van der Waals surface area contributed by atoms with Gasteiger partial charge in [-0.15, -0.1) is 0 Å². The average molecular weight is 264 g/mol. The van der Waals surface area contributed by atoms with Gasteiger partial charge in [0.25, 0.3) is 0 Å². The molecule has 0 aliphatic carbocycles. The molecule has 2 N–H and O–H groups in total. The Kier molecular flexibility index (Phi) is 6.60. The number of hydrogen-bond donors (Lipinski definition) is 2. The Morgan fingerprint density at radius 1 is 1.32 bits per heavy atom. The molecular formula is C14H20N2O3. The van der Waals surface area contributed by atoms with E-state index in [1.54, 1.807) is 31.2 Å². The standard InChI is InChI=1S/C14H20N2O3/c1-3-19-14(18)11-6-4-7-12(10-11)16-13(17)8-5-9-15-2/h4,6-7,10,15H,3,5,8-9H2,1-2H3,(H,16,17). The first-order chi connectivity index (χ1) is 9.17. The molecule has 0 heterocycles. The van der Waals surface area contributed by atoms with E-state index in [1.165, 1.54) is 0 Å². The average Bonchev–Trinajstić information content (AvgIpc) is 2.39. The number of carbonyl (C=O) groups excluding carboxylic acids is 2. The molecule has 0 radical (unpaired) electrons. The summed E-state index contributed by atoms with van der Waals surface area (Å²) in [5.41, 5.74) is 1.05. The molecule has 104 valence electrons. The van der Waals surface area contributed by atoms with Crippen molar-refractivity contribution in [3.05, 3.63) is 29.8 Å². The van der Waals surface area contributed by atoms with Crippen LogP contribution >= 0.6 is 0 Å². The number of anilines is 1. The van der Waals surface area contributed by atoms with Gasteiger partial charge in [-0.25, -0.2) is 4.79 Å². The van der Waals surface area contributed by atoms with Gasteiger partial charge in [0.1, 0.15) is 0 Å². The smallest absolute Gasteiger partial charge is 0.338 e. The van der Waals surface area contributed by atoms with E-state index >= 15 is 0 Å². The Hall–Kier alpha value is -1.88. The lowest BCUT2D eigenvalue weighted by Crippen LogP contribution is -2.15. The zero-order valence-electron chi connectivity index (χ0n) is 11.4. The number of nitrogens with one attached hydrogen (secondary N) is 2. The van der Waals surface area contributed by atoms with Gasteiger partial charge in [-0.3, -0.25) is 4.79 Å². The van der Waals surface area contributed by atoms with E-state index in [-0.39, 0.29) is 11.9 Å². The highest BCUT2D eigenvalue weighted by Crippen LogP contribution is 2.12. The summed E-state index contributed by atoms with van der Waals surface area (Å²) in [6, 6.07) is 6.75. The van der Waals surface area contributed by atoms with Crippen molar-refractivity contribution >= 4 is 17.6 Å². The molecule has 1 rings (SSSR count). The lowest BCUT2D eigenvalue weighted by Gasteiger charge is -2.07. The summed E-state index contributed by atoms with van der Waals surface area (Å²) in [7, 11) is 1.85. The Bertz CT molecular complexity index is 432. The molecule has 0 bridgehead atoms. The van der Waals surface area contributed by atoms with Gasteiger partial charge in [0.15, 0.2) is 0 Å². The summed E-state index contributed by atoms with van der Waals surface area (Å²) in [6.07, 6.45) is 1.23. The number of amides is 1. The topological polar surface area (TPSA) is 67.4 Å². The molecule has 1 aromatic rings. The minimum Gasteiger partial charge on any atom is -0.462 e. The van der Waals surface area contributed by atoms with Crippen LogP contribution in [0, 0.1) is 0 Å². The van der Waals surface area contributed by atoms with Crippen LogP contribution in [0.5, 0.6) is 0 Å². The van der Waals surface area contributed by atoms with Crippen LogP contribution in [0.4, 0.5) is 5.69 Å². The molecular weight excluding hydrogens is 244 g/mol. The maximum atomic E-state index is 11.6. The highest BCUT2D eigenvalue weighted by atomic mass is 16.5. The number of benzene rings is 1. The Labute approximate surface area is 113 Å². The molecule has 0 aliphatic rings. The summed E-state index contributed by atoms with van der Waals surface area (Å²) in [5.74, 6) is -0.440. The molecule has 1 aromatic carbocycles. The third-order valence-corrected chi connectivity index (χ3v) is 2.49. The number of ether oxygens (including phenoxy) is 1. The minimum absolute atomic E-state index is 0.0590. The van der Waals surface area contributed by atoms with Crippen LogP contribution in [0.15, 0.2) is 24.3 Å². The van der Waals surface area contributed by atoms with Gasteiger partial charge in [0, 0.05) is 12.1 Å². The third-order valence-electron chi connectivity index (χ3n) is 2.49. The quantitative estimate of drug-likeness (QED) is 0.582. The molecule has 19 heavy (non-hydrogen) atoms. The van der Waals surface area contributed by atoms with Gasteiger partial charge in [-0.05, 0) is 45.1 Å². The molecule has 0 unspecified atom stereocenters. The van der Waals surface area contributed by atoms with Crippen LogP contribution in [-0.4, -0.2) is 32.1 Å². The first kappa shape index (κ1) is 15.2. The van der Waals surface area contributed by atoms with E-state index < -0.39 is 0 Å². The first-order valence-electron chi connectivity index (χ1n) is 6.39. The maximum absolute atomic E-state index is 11.6. The molecule has 5 nitrogen and oxygen atoms in total. The molecule has 0 saturated heterocycles. The Balaban J connectivity index is 2.56. The van der Waals surface area contributed by atoms with Crippen molar-refractivity contribution in [1.29, 1.82) is 0 Å². The minimum atomic E-state index is -0.381. The zero-order chi connectivity index (χ0) is 14.1. The van der Waals surface area contributed by atoms with Gasteiger partial charge in [0.2, 0.25) is 5.91 Å². The van der Waals surface area contributed by atoms with Gasteiger partial charge in [-0.2, -0.15) is 0 Å². The van der Waals surface area contributed by atoms with Gasteiger partial charge in [-0.1, -0.05) is 6.07 Å². The van der Waals surface area contributed by atoms with Crippen LogP contribution < -0.4 is 10.6 Å². The summed E-state index contributed by atoms with van der Waals surface area (Å²) in [4.78, 5) is 23.2. The first-order valence-corrected chi connectivity index (χ1v) is 6.39. The summed E-state index contributed by atoms with van der Waals surface area (Å²) >= 11 is 0. The number of rotatable bonds is 7. The van der Waals surface area contributed by atoms with Crippen molar-refractivity contribution in [2.75, 3.05) is 25.5 Å². The molecule has 0 fully saturated rings. The second-order valence-corrected chi connectivity index (χ2v) is 4.06. The van der Waals surface area contributed by atoms with E-state index in [0.29, 0.717) is 24.3 Å². The van der Waals surface area contributed by atoms with E-state index in [4.69, 9.17) is 4.74 Å². The lowest BCUT2D eigenvalue weighted by molar-refractivity contribution is -0.116. The second-order valence-electron chi connectivity index (χ2n) is 4.06. The maximum Gasteiger partial charge on any atom is 0.338 e. The molecule has 5 heteroatoms. The fourth-order valence-electron chi connectivity index (χ4n) is 1.59. The van der Waals surface area contributed by atoms with E-state index in [2.05, 4.69) is 10.6 Å². The lowest BCUT2D eigenvalue weighted by atomic mass is 10.2. The SMILES string of the molecule is CCOC(=O)c1cccc(NC(=O)CCCNC)c1.